The van der Waals surface area contributed by atoms with E-state index in [1.807, 2.05) is 0 Å². The maximum absolute atomic E-state index is 12.2. The van der Waals surface area contributed by atoms with E-state index < -0.39 is 11.8 Å². The van der Waals surface area contributed by atoms with Crippen LogP contribution in [0.5, 0.6) is 0 Å². The Kier molecular flexibility index (Phi) is 6.02. The molecule has 1 aliphatic heterocycles. The summed E-state index contributed by atoms with van der Waals surface area (Å²) in [5, 5.41) is 3.05. The summed E-state index contributed by atoms with van der Waals surface area (Å²) < 4.78 is 0. The number of piperazine rings is 1. The summed E-state index contributed by atoms with van der Waals surface area (Å²) in [7, 11) is 0. The summed E-state index contributed by atoms with van der Waals surface area (Å²) in [6.07, 6.45) is 0. The molecule has 8 heteroatoms. The highest BCUT2D eigenvalue weighted by Gasteiger charge is 2.26. The van der Waals surface area contributed by atoms with E-state index in [0.29, 0.717) is 43.4 Å². The van der Waals surface area contributed by atoms with Crippen molar-refractivity contribution in [2.75, 3.05) is 44.6 Å². The Labute approximate surface area is 139 Å². The molecular formula is C14H18Cl2N4O2. The van der Waals surface area contributed by atoms with Crippen LogP contribution in [-0.2, 0) is 9.59 Å². The number of hydrogen-bond donors (Lipinski definition) is 2. The number of nitrogens with one attached hydrogen (secondary N) is 1. The van der Waals surface area contributed by atoms with Gasteiger partial charge in [-0.05, 0) is 12.1 Å². The minimum Gasteiger partial charge on any atom is -0.332 e. The number of carbonyl (C=O) groups is 2. The van der Waals surface area contributed by atoms with Crippen LogP contribution in [0.1, 0.15) is 0 Å². The summed E-state index contributed by atoms with van der Waals surface area (Å²) in [4.78, 5) is 27.9. The topological polar surface area (TPSA) is 78.7 Å². The molecule has 120 valence electrons. The van der Waals surface area contributed by atoms with Crippen molar-refractivity contribution in [1.82, 2.24) is 9.80 Å². The van der Waals surface area contributed by atoms with Gasteiger partial charge in [0.1, 0.15) is 0 Å². The van der Waals surface area contributed by atoms with Gasteiger partial charge >= 0.3 is 11.8 Å². The Morgan fingerprint density at radius 2 is 1.86 bits per heavy atom. The number of anilines is 1. The molecule has 1 fully saturated rings. The fourth-order valence-electron chi connectivity index (χ4n) is 2.28. The van der Waals surface area contributed by atoms with Crippen LogP contribution >= 0.6 is 23.2 Å². The largest absolute Gasteiger partial charge is 0.332 e. The second-order valence-corrected chi connectivity index (χ2v) is 5.76. The van der Waals surface area contributed by atoms with Gasteiger partial charge < -0.3 is 16.0 Å². The fraction of sp³-hybridized carbons (Fsp3) is 0.429. The molecule has 1 aromatic rings. The molecule has 1 aromatic carbocycles. The Morgan fingerprint density at radius 1 is 1.18 bits per heavy atom. The minimum atomic E-state index is -0.712. The van der Waals surface area contributed by atoms with E-state index in [1.54, 1.807) is 18.2 Å². The average Bonchev–Trinajstić information content (AvgIpc) is 2.52. The first-order chi connectivity index (χ1) is 10.5. The molecular weight excluding hydrogens is 327 g/mol. The second-order valence-electron chi connectivity index (χ2n) is 4.98. The Bertz CT molecular complexity index is 560. The first-order valence-corrected chi connectivity index (χ1v) is 7.75. The van der Waals surface area contributed by atoms with Crippen LogP contribution < -0.4 is 11.1 Å². The molecule has 2 rings (SSSR count). The van der Waals surface area contributed by atoms with Gasteiger partial charge in [-0.1, -0.05) is 29.3 Å². The van der Waals surface area contributed by atoms with Gasteiger partial charge in [0.25, 0.3) is 0 Å². The fourth-order valence-corrected chi connectivity index (χ4v) is 2.62. The molecule has 0 aliphatic carbocycles. The molecule has 22 heavy (non-hydrogen) atoms. The summed E-state index contributed by atoms with van der Waals surface area (Å²) in [6.45, 7) is 3.83. The molecule has 1 saturated heterocycles. The molecule has 1 heterocycles. The maximum atomic E-state index is 12.2. The molecule has 0 unspecified atom stereocenters. The monoisotopic (exact) mass is 344 g/mol. The van der Waals surface area contributed by atoms with E-state index in [0.717, 1.165) is 6.54 Å². The van der Waals surface area contributed by atoms with Gasteiger partial charge in [-0.25, -0.2) is 0 Å². The van der Waals surface area contributed by atoms with E-state index in [4.69, 9.17) is 28.9 Å². The maximum Gasteiger partial charge on any atom is 0.313 e. The zero-order valence-corrected chi connectivity index (χ0v) is 13.5. The number of amides is 2. The van der Waals surface area contributed by atoms with Crippen molar-refractivity contribution in [1.29, 1.82) is 0 Å². The molecule has 0 aromatic heterocycles. The third-order valence-corrected chi connectivity index (χ3v) is 4.32. The van der Waals surface area contributed by atoms with Gasteiger partial charge in [-0.3, -0.25) is 14.5 Å². The molecule has 0 radical (unpaired) electrons. The Balaban J connectivity index is 1.93. The van der Waals surface area contributed by atoms with Crippen LogP contribution in [-0.4, -0.2) is 60.9 Å². The van der Waals surface area contributed by atoms with Crippen molar-refractivity contribution in [3.05, 3.63) is 28.2 Å². The zero-order valence-electron chi connectivity index (χ0n) is 12.0. The molecule has 0 saturated carbocycles. The third kappa shape index (κ3) is 4.10. The first-order valence-electron chi connectivity index (χ1n) is 6.99. The zero-order chi connectivity index (χ0) is 16.1. The van der Waals surface area contributed by atoms with Gasteiger partial charge in [0.2, 0.25) is 0 Å². The van der Waals surface area contributed by atoms with Gasteiger partial charge in [0, 0.05) is 39.3 Å². The van der Waals surface area contributed by atoms with Crippen molar-refractivity contribution < 1.29 is 9.59 Å². The van der Waals surface area contributed by atoms with Gasteiger partial charge in [0.05, 0.1) is 15.7 Å². The second kappa shape index (κ2) is 7.78. The Morgan fingerprint density at radius 3 is 2.50 bits per heavy atom. The number of halogens is 2. The summed E-state index contributed by atoms with van der Waals surface area (Å²) in [5.74, 6) is -1.28. The number of rotatable bonds is 3. The molecule has 6 nitrogen and oxygen atoms in total. The normalized spacial score (nSPS) is 15.7. The lowest BCUT2D eigenvalue weighted by molar-refractivity contribution is -0.144. The van der Waals surface area contributed by atoms with Crippen LogP contribution in [0.25, 0.3) is 0 Å². The van der Waals surface area contributed by atoms with Crippen LogP contribution in [0.3, 0.4) is 0 Å². The van der Waals surface area contributed by atoms with Crippen LogP contribution in [0.15, 0.2) is 18.2 Å². The van der Waals surface area contributed by atoms with Crippen molar-refractivity contribution in [3.63, 3.8) is 0 Å². The highest BCUT2D eigenvalue weighted by Crippen LogP contribution is 2.29. The van der Waals surface area contributed by atoms with Crippen LogP contribution in [0.2, 0.25) is 10.0 Å². The SMILES string of the molecule is NCCN1CCN(C(=O)C(=O)Nc2cccc(Cl)c2Cl)CC1. The minimum absolute atomic E-state index is 0.220. The summed E-state index contributed by atoms with van der Waals surface area (Å²) in [5.41, 5.74) is 5.83. The molecule has 1 aliphatic rings. The van der Waals surface area contributed by atoms with E-state index in [9.17, 15) is 9.59 Å². The van der Waals surface area contributed by atoms with Crippen molar-refractivity contribution in [2.24, 2.45) is 5.73 Å². The van der Waals surface area contributed by atoms with Gasteiger partial charge in [-0.2, -0.15) is 0 Å². The smallest absolute Gasteiger partial charge is 0.313 e. The quantitative estimate of drug-likeness (QED) is 0.803. The average molecular weight is 345 g/mol. The van der Waals surface area contributed by atoms with Gasteiger partial charge in [-0.15, -0.1) is 0 Å². The van der Waals surface area contributed by atoms with Crippen LogP contribution in [0, 0.1) is 0 Å². The lowest BCUT2D eigenvalue weighted by Gasteiger charge is -2.34. The number of benzene rings is 1. The molecule has 0 bridgehead atoms. The predicted molar refractivity (Wildman–Crippen MR) is 87.2 cm³/mol. The predicted octanol–water partition coefficient (Wildman–Crippen LogP) is 1.03. The lowest BCUT2D eigenvalue weighted by Crippen LogP contribution is -2.52. The lowest BCUT2D eigenvalue weighted by atomic mass is 10.3. The number of hydrogen-bond acceptors (Lipinski definition) is 4. The van der Waals surface area contributed by atoms with Crippen LogP contribution in [0.4, 0.5) is 5.69 Å². The highest BCUT2D eigenvalue weighted by molar-refractivity contribution is 6.45. The molecule has 0 spiro atoms. The summed E-state index contributed by atoms with van der Waals surface area (Å²) >= 11 is 11.9. The molecule has 2 amide bonds. The van der Waals surface area contributed by atoms with E-state index in [1.165, 1.54) is 4.90 Å². The molecule has 3 N–H and O–H groups in total. The van der Waals surface area contributed by atoms with Crippen molar-refractivity contribution in [3.8, 4) is 0 Å². The number of carbonyl (C=O) groups excluding carboxylic acids is 2. The number of nitrogens with two attached hydrogens (primary N) is 1. The third-order valence-electron chi connectivity index (χ3n) is 3.50. The van der Waals surface area contributed by atoms with E-state index in [-0.39, 0.29) is 5.02 Å². The van der Waals surface area contributed by atoms with Crippen molar-refractivity contribution in [2.45, 2.75) is 0 Å². The van der Waals surface area contributed by atoms with Gasteiger partial charge in [0.15, 0.2) is 0 Å². The number of nitrogens with zero attached hydrogens (tertiary/aromatic N) is 2. The highest BCUT2D eigenvalue weighted by atomic mass is 35.5. The Hall–Kier alpha value is -1.34. The first kappa shape index (κ1) is 17.0. The van der Waals surface area contributed by atoms with E-state index in [2.05, 4.69) is 10.2 Å². The summed E-state index contributed by atoms with van der Waals surface area (Å²) in [6, 6.07) is 4.86. The van der Waals surface area contributed by atoms with Crippen molar-refractivity contribution >= 4 is 40.7 Å². The standard InChI is InChI=1S/C14H18Cl2N4O2/c15-10-2-1-3-11(12(10)16)18-13(21)14(22)20-8-6-19(5-4-17)7-9-20/h1-3H,4-9,17H2,(H,18,21). The van der Waals surface area contributed by atoms with E-state index >= 15 is 0 Å². The molecule has 0 atom stereocenters.